The number of aromatic nitrogens is 3. The highest BCUT2D eigenvalue weighted by Crippen LogP contribution is 2.22. The maximum absolute atomic E-state index is 12.6. The number of hydrogen-bond donors (Lipinski definition) is 1. The molecule has 2 aromatic carbocycles. The number of hydrogen-bond acceptors (Lipinski definition) is 4. The first-order valence-electron chi connectivity index (χ1n) is 8.99. The molecule has 0 bridgehead atoms. The first kappa shape index (κ1) is 17.0. The Morgan fingerprint density at radius 2 is 1.96 bits per heavy atom. The van der Waals surface area contributed by atoms with Gasteiger partial charge in [0.05, 0.1) is 11.6 Å². The third-order valence-electron chi connectivity index (χ3n) is 4.88. The van der Waals surface area contributed by atoms with Crippen molar-refractivity contribution in [2.45, 2.75) is 12.8 Å². The van der Waals surface area contributed by atoms with E-state index in [2.05, 4.69) is 21.3 Å². The molecule has 3 aromatic rings. The van der Waals surface area contributed by atoms with E-state index >= 15 is 0 Å². The molecular formula is C21H19N5O. The summed E-state index contributed by atoms with van der Waals surface area (Å²) in [7, 11) is 0. The van der Waals surface area contributed by atoms with Crippen LogP contribution < -0.4 is 0 Å². The van der Waals surface area contributed by atoms with Crippen LogP contribution in [0, 0.1) is 17.2 Å². The first-order chi connectivity index (χ1) is 13.2. The summed E-state index contributed by atoms with van der Waals surface area (Å²) in [4.78, 5) is 19.1. The first-order valence-corrected chi connectivity index (χ1v) is 8.99. The standard InChI is InChI=1S/C21H19N5O/c22-13-15-6-8-18(9-7-15)21(27)26-11-10-16(14-26)12-19-23-20(25-24-19)17-4-2-1-3-5-17/h1-9,16H,10-12,14H2,(H,23,24,25). The van der Waals surface area contributed by atoms with Gasteiger partial charge in [0, 0.05) is 30.6 Å². The van der Waals surface area contributed by atoms with Crippen LogP contribution in [0.4, 0.5) is 0 Å². The second-order valence-corrected chi connectivity index (χ2v) is 6.77. The van der Waals surface area contributed by atoms with Crippen LogP contribution in [-0.4, -0.2) is 39.1 Å². The van der Waals surface area contributed by atoms with Crippen molar-refractivity contribution in [1.82, 2.24) is 20.1 Å². The molecule has 1 N–H and O–H groups in total. The molecule has 1 unspecified atom stereocenters. The highest BCUT2D eigenvalue weighted by atomic mass is 16.2. The van der Waals surface area contributed by atoms with E-state index in [0.29, 0.717) is 29.4 Å². The quantitative estimate of drug-likeness (QED) is 0.777. The predicted octanol–water partition coefficient (Wildman–Crippen LogP) is 3.05. The third kappa shape index (κ3) is 3.72. The Kier molecular flexibility index (Phi) is 4.67. The number of rotatable bonds is 4. The lowest BCUT2D eigenvalue weighted by Crippen LogP contribution is -2.29. The number of H-pyrrole nitrogens is 1. The van der Waals surface area contributed by atoms with Crippen molar-refractivity contribution in [3.05, 3.63) is 71.5 Å². The van der Waals surface area contributed by atoms with Crippen LogP contribution in [0.1, 0.15) is 28.2 Å². The van der Waals surface area contributed by atoms with E-state index in [0.717, 1.165) is 30.8 Å². The van der Waals surface area contributed by atoms with Crippen LogP contribution in [0.15, 0.2) is 54.6 Å². The van der Waals surface area contributed by atoms with Crippen LogP contribution in [-0.2, 0) is 6.42 Å². The molecule has 1 aromatic heterocycles. The Balaban J connectivity index is 1.38. The maximum Gasteiger partial charge on any atom is 0.253 e. The minimum atomic E-state index is 0.0181. The largest absolute Gasteiger partial charge is 0.338 e. The third-order valence-corrected chi connectivity index (χ3v) is 4.88. The minimum Gasteiger partial charge on any atom is -0.338 e. The molecule has 0 radical (unpaired) electrons. The van der Waals surface area contributed by atoms with E-state index in [4.69, 9.17) is 5.26 Å². The van der Waals surface area contributed by atoms with E-state index in [1.54, 1.807) is 24.3 Å². The molecule has 4 rings (SSSR count). The minimum absolute atomic E-state index is 0.0181. The molecule has 1 aliphatic rings. The number of aromatic amines is 1. The van der Waals surface area contributed by atoms with Gasteiger partial charge in [-0.25, -0.2) is 4.98 Å². The average molecular weight is 357 g/mol. The summed E-state index contributed by atoms with van der Waals surface area (Å²) >= 11 is 0. The van der Waals surface area contributed by atoms with Crippen LogP contribution in [0.3, 0.4) is 0 Å². The zero-order valence-corrected chi connectivity index (χ0v) is 14.8. The van der Waals surface area contributed by atoms with Gasteiger partial charge in [0.25, 0.3) is 5.91 Å². The average Bonchev–Trinajstić information content (AvgIpc) is 3.38. The second kappa shape index (κ2) is 7.42. The van der Waals surface area contributed by atoms with Crippen molar-refractivity contribution in [3.8, 4) is 17.5 Å². The van der Waals surface area contributed by atoms with Crippen molar-refractivity contribution < 1.29 is 4.79 Å². The van der Waals surface area contributed by atoms with E-state index < -0.39 is 0 Å². The number of likely N-dealkylation sites (tertiary alicyclic amines) is 1. The molecule has 1 fully saturated rings. The number of nitrogens with one attached hydrogen (secondary N) is 1. The van der Waals surface area contributed by atoms with Crippen LogP contribution in [0.25, 0.3) is 11.4 Å². The fourth-order valence-electron chi connectivity index (χ4n) is 3.43. The Labute approximate surface area is 157 Å². The molecule has 1 amide bonds. The molecule has 1 saturated heterocycles. The van der Waals surface area contributed by atoms with Gasteiger partial charge in [0.15, 0.2) is 5.82 Å². The number of benzene rings is 2. The highest BCUT2D eigenvalue weighted by molar-refractivity contribution is 5.94. The maximum atomic E-state index is 12.6. The molecule has 134 valence electrons. The van der Waals surface area contributed by atoms with E-state index in [9.17, 15) is 4.79 Å². The zero-order valence-electron chi connectivity index (χ0n) is 14.8. The number of nitriles is 1. The van der Waals surface area contributed by atoms with Gasteiger partial charge < -0.3 is 4.90 Å². The molecule has 2 heterocycles. The van der Waals surface area contributed by atoms with Gasteiger partial charge in [0.2, 0.25) is 0 Å². The topological polar surface area (TPSA) is 85.7 Å². The summed E-state index contributed by atoms with van der Waals surface area (Å²) in [6.07, 6.45) is 1.72. The van der Waals surface area contributed by atoms with E-state index in [-0.39, 0.29) is 5.91 Å². The Bertz CT molecular complexity index is 972. The summed E-state index contributed by atoms with van der Waals surface area (Å²) in [6.45, 7) is 1.45. The number of nitrogens with zero attached hydrogens (tertiary/aromatic N) is 4. The number of carbonyl (C=O) groups excluding carboxylic acids is 1. The summed E-state index contributed by atoms with van der Waals surface area (Å²) in [5.74, 6) is 1.94. The lowest BCUT2D eigenvalue weighted by atomic mass is 10.0. The molecule has 0 saturated carbocycles. The molecule has 27 heavy (non-hydrogen) atoms. The molecular weight excluding hydrogens is 338 g/mol. The molecule has 0 spiro atoms. The molecule has 6 nitrogen and oxygen atoms in total. The van der Waals surface area contributed by atoms with Gasteiger partial charge in [-0.1, -0.05) is 30.3 Å². The summed E-state index contributed by atoms with van der Waals surface area (Å²) in [6, 6.07) is 18.7. The molecule has 6 heteroatoms. The lowest BCUT2D eigenvalue weighted by Gasteiger charge is -2.16. The lowest BCUT2D eigenvalue weighted by molar-refractivity contribution is 0.0787. The van der Waals surface area contributed by atoms with Crippen molar-refractivity contribution in [2.24, 2.45) is 5.92 Å². The molecule has 0 aliphatic carbocycles. The normalized spacial score (nSPS) is 16.3. The van der Waals surface area contributed by atoms with Crippen LogP contribution in [0.5, 0.6) is 0 Å². The van der Waals surface area contributed by atoms with Gasteiger partial charge in [-0.3, -0.25) is 9.89 Å². The van der Waals surface area contributed by atoms with E-state index in [1.165, 1.54) is 0 Å². The van der Waals surface area contributed by atoms with Crippen LogP contribution >= 0.6 is 0 Å². The van der Waals surface area contributed by atoms with Crippen molar-refractivity contribution in [3.63, 3.8) is 0 Å². The Morgan fingerprint density at radius 1 is 1.19 bits per heavy atom. The van der Waals surface area contributed by atoms with Gasteiger partial charge >= 0.3 is 0 Å². The number of amides is 1. The molecule has 1 aliphatic heterocycles. The van der Waals surface area contributed by atoms with Crippen molar-refractivity contribution in [2.75, 3.05) is 13.1 Å². The fourth-order valence-corrected chi connectivity index (χ4v) is 3.43. The smallest absolute Gasteiger partial charge is 0.253 e. The Hall–Kier alpha value is -3.46. The SMILES string of the molecule is N#Cc1ccc(C(=O)N2CCC(Cc3nc(-c4ccccc4)n[nH]3)C2)cc1. The van der Waals surface area contributed by atoms with Crippen molar-refractivity contribution >= 4 is 5.91 Å². The van der Waals surface area contributed by atoms with Crippen LogP contribution in [0.2, 0.25) is 0 Å². The summed E-state index contributed by atoms with van der Waals surface area (Å²) in [5, 5.41) is 16.2. The highest BCUT2D eigenvalue weighted by Gasteiger charge is 2.27. The monoisotopic (exact) mass is 357 g/mol. The molecule has 1 atom stereocenters. The van der Waals surface area contributed by atoms with Gasteiger partial charge in [-0.15, -0.1) is 0 Å². The zero-order chi connectivity index (χ0) is 18.6. The van der Waals surface area contributed by atoms with Gasteiger partial charge in [-0.05, 0) is 36.6 Å². The number of carbonyl (C=O) groups is 1. The predicted molar refractivity (Wildman–Crippen MR) is 101 cm³/mol. The summed E-state index contributed by atoms with van der Waals surface area (Å²) < 4.78 is 0. The van der Waals surface area contributed by atoms with Gasteiger partial charge in [-0.2, -0.15) is 10.4 Å². The van der Waals surface area contributed by atoms with Crippen molar-refractivity contribution in [1.29, 1.82) is 5.26 Å². The fraction of sp³-hybridized carbons (Fsp3) is 0.238. The second-order valence-electron chi connectivity index (χ2n) is 6.77. The van der Waals surface area contributed by atoms with Gasteiger partial charge in [0.1, 0.15) is 5.82 Å². The van der Waals surface area contributed by atoms with E-state index in [1.807, 2.05) is 35.2 Å². The Morgan fingerprint density at radius 3 is 2.70 bits per heavy atom. The summed E-state index contributed by atoms with van der Waals surface area (Å²) in [5.41, 5.74) is 2.18.